The molecule has 0 aromatic carbocycles. The summed E-state index contributed by atoms with van der Waals surface area (Å²) in [5, 5.41) is 9.93. The fourth-order valence-electron chi connectivity index (χ4n) is 1.43. The third-order valence-electron chi connectivity index (χ3n) is 3.95. The van der Waals surface area contributed by atoms with Gasteiger partial charge in [0.05, 0.1) is 12.5 Å². The topological polar surface area (TPSA) is 55.8 Å². The van der Waals surface area contributed by atoms with Crippen LogP contribution < -0.4 is 0 Å². The number of ether oxygens (including phenoxy) is 1. The van der Waals surface area contributed by atoms with Gasteiger partial charge in [0.15, 0.2) is 14.4 Å². The molecule has 0 spiro atoms. The maximum atomic E-state index is 11.3. The Bertz CT molecular complexity index is 295. The molecular formula is C12H24O4Si. The van der Waals surface area contributed by atoms with Crippen LogP contribution in [-0.4, -0.2) is 38.2 Å². The van der Waals surface area contributed by atoms with Gasteiger partial charge in [0.2, 0.25) is 0 Å². The zero-order chi connectivity index (χ0) is 13.4. The molecule has 3 atom stereocenters. The second kappa shape index (κ2) is 4.70. The van der Waals surface area contributed by atoms with Gasteiger partial charge in [-0.3, -0.25) is 4.79 Å². The predicted molar refractivity (Wildman–Crippen MR) is 68.2 cm³/mol. The van der Waals surface area contributed by atoms with Gasteiger partial charge in [0.25, 0.3) is 0 Å². The highest BCUT2D eigenvalue weighted by Crippen LogP contribution is 2.37. The van der Waals surface area contributed by atoms with E-state index < -0.39 is 26.4 Å². The van der Waals surface area contributed by atoms with Crippen molar-refractivity contribution in [2.45, 2.75) is 58.0 Å². The molecule has 17 heavy (non-hydrogen) atoms. The van der Waals surface area contributed by atoms with Crippen molar-refractivity contribution in [3.8, 4) is 0 Å². The highest BCUT2D eigenvalue weighted by molar-refractivity contribution is 6.74. The Balaban J connectivity index is 2.55. The Morgan fingerprint density at radius 2 is 1.94 bits per heavy atom. The average Bonchev–Trinajstić information content (AvgIpc) is 2.41. The molecule has 0 amide bonds. The smallest absolute Gasteiger partial charge is 0.311 e. The van der Waals surface area contributed by atoms with Gasteiger partial charge in [0.1, 0.15) is 6.10 Å². The summed E-state index contributed by atoms with van der Waals surface area (Å²) < 4.78 is 11.0. The molecule has 1 saturated heterocycles. The van der Waals surface area contributed by atoms with Crippen molar-refractivity contribution in [1.82, 2.24) is 0 Å². The fourth-order valence-corrected chi connectivity index (χ4v) is 2.44. The summed E-state index contributed by atoms with van der Waals surface area (Å²) in [6.07, 6.45) is -1.25. The largest absolute Gasteiger partial charge is 0.457 e. The number of hydrogen-bond donors (Lipinski definition) is 1. The summed E-state index contributed by atoms with van der Waals surface area (Å²) >= 11 is 0. The molecule has 0 aliphatic carbocycles. The molecule has 0 bridgehead atoms. The van der Waals surface area contributed by atoms with Gasteiger partial charge in [0, 0.05) is 0 Å². The highest BCUT2D eigenvalue weighted by atomic mass is 28.4. The predicted octanol–water partition coefficient (Wildman–Crippen LogP) is 1.93. The van der Waals surface area contributed by atoms with Crippen molar-refractivity contribution < 1.29 is 19.1 Å². The molecule has 1 rings (SSSR count). The van der Waals surface area contributed by atoms with E-state index in [-0.39, 0.29) is 11.0 Å². The molecule has 1 N–H and O–H groups in total. The monoisotopic (exact) mass is 260 g/mol. The number of aliphatic hydroxyl groups excluding tert-OH is 1. The van der Waals surface area contributed by atoms with Gasteiger partial charge in [-0.25, -0.2) is 0 Å². The third-order valence-corrected chi connectivity index (χ3v) is 8.45. The Kier molecular flexibility index (Phi) is 4.06. The number of cyclic esters (lactones) is 1. The van der Waals surface area contributed by atoms with Crippen molar-refractivity contribution in [3.63, 3.8) is 0 Å². The van der Waals surface area contributed by atoms with E-state index in [9.17, 15) is 9.90 Å². The molecule has 1 fully saturated rings. The lowest BCUT2D eigenvalue weighted by molar-refractivity contribution is -0.145. The van der Waals surface area contributed by atoms with Gasteiger partial charge in [-0.1, -0.05) is 20.8 Å². The van der Waals surface area contributed by atoms with E-state index in [4.69, 9.17) is 9.16 Å². The zero-order valence-corrected chi connectivity index (χ0v) is 12.6. The number of carbonyl (C=O) groups is 1. The van der Waals surface area contributed by atoms with Crippen molar-refractivity contribution in [1.29, 1.82) is 0 Å². The highest BCUT2D eigenvalue weighted by Gasteiger charge is 2.43. The Hall–Kier alpha value is -0.393. The van der Waals surface area contributed by atoms with Crippen molar-refractivity contribution in [2.24, 2.45) is 5.92 Å². The van der Waals surface area contributed by atoms with Crippen LogP contribution in [0.25, 0.3) is 0 Å². The van der Waals surface area contributed by atoms with E-state index in [1.807, 2.05) is 0 Å². The first-order valence-electron chi connectivity index (χ1n) is 6.09. The molecule has 0 aromatic heterocycles. The van der Waals surface area contributed by atoms with Crippen molar-refractivity contribution >= 4 is 14.3 Å². The quantitative estimate of drug-likeness (QED) is 0.622. The minimum Gasteiger partial charge on any atom is -0.457 e. The van der Waals surface area contributed by atoms with Gasteiger partial charge >= 0.3 is 5.97 Å². The van der Waals surface area contributed by atoms with Gasteiger partial charge in [-0.15, -0.1) is 0 Å². The van der Waals surface area contributed by atoms with Crippen LogP contribution in [0.1, 0.15) is 27.7 Å². The molecule has 100 valence electrons. The first-order chi connectivity index (χ1) is 7.56. The molecule has 1 aliphatic rings. The number of rotatable bonds is 3. The molecule has 1 unspecified atom stereocenters. The van der Waals surface area contributed by atoms with Gasteiger partial charge in [-0.2, -0.15) is 0 Å². The maximum absolute atomic E-state index is 11.3. The van der Waals surface area contributed by atoms with E-state index in [0.29, 0.717) is 6.61 Å². The molecule has 0 saturated carbocycles. The number of carbonyl (C=O) groups excluding carboxylic acids is 1. The SMILES string of the molecule is CC1C(=O)O[C@H](CO[Si](C)(C)C(C)(C)C)[C@H]1O. The van der Waals surface area contributed by atoms with E-state index in [2.05, 4.69) is 33.9 Å². The molecule has 1 aliphatic heterocycles. The van der Waals surface area contributed by atoms with Crippen LogP contribution in [0.4, 0.5) is 0 Å². The van der Waals surface area contributed by atoms with Crippen LogP contribution in [0.2, 0.25) is 18.1 Å². The number of esters is 1. The van der Waals surface area contributed by atoms with Crippen LogP contribution in [0.5, 0.6) is 0 Å². The molecule has 1 heterocycles. The van der Waals surface area contributed by atoms with E-state index >= 15 is 0 Å². The minimum absolute atomic E-state index is 0.117. The summed E-state index contributed by atoms with van der Waals surface area (Å²) in [4.78, 5) is 11.3. The van der Waals surface area contributed by atoms with Crippen LogP contribution in [0, 0.1) is 5.92 Å². The lowest BCUT2D eigenvalue weighted by atomic mass is 10.0. The van der Waals surface area contributed by atoms with Crippen LogP contribution in [0.3, 0.4) is 0 Å². The second-order valence-electron chi connectivity index (χ2n) is 6.33. The summed E-state index contributed by atoms with van der Waals surface area (Å²) in [6, 6.07) is 0. The van der Waals surface area contributed by atoms with E-state index in [0.717, 1.165) is 0 Å². The Labute approximate surface area is 104 Å². The third kappa shape index (κ3) is 3.08. The van der Waals surface area contributed by atoms with E-state index in [1.54, 1.807) is 6.92 Å². The molecule has 5 heteroatoms. The first kappa shape index (κ1) is 14.7. The molecule has 0 aromatic rings. The lowest BCUT2D eigenvalue weighted by Gasteiger charge is -2.36. The summed E-state index contributed by atoms with van der Waals surface area (Å²) in [5.74, 6) is -0.774. The standard InChI is InChI=1S/C12H24O4Si/c1-8-10(13)9(16-11(8)14)7-15-17(5,6)12(2,3)4/h8-10,13H,7H2,1-6H3/t8?,9-,10+/m1/s1. The fraction of sp³-hybridized carbons (Fsp3) is 0.917. The minimum atomic E-state index is -1.85. The average molecular weight is 260 g/mol. The van der Waals surface area contributed by atoms with Gasteiger partial charge < -0.3 is 14.3 Å². The van der Waals surface area contributed by atoms with E-state index in [1.165, 1.54) is 0 Å². The molecular weight excluding hydrogens is 236 g/mol. The normalized spacial score (nSPS) is 30.5. The number of aliphatic hydroxyl groups is 1. The number of hydrogen-bond acceptors (Lipinski definition) is 4. The van der Waals surface area contributed by atoms with Crippen LogP contribution >= 0.6 is 0 Å². The second-order valence-corrected chi connectivity index (χ2v) is 11.1. The van der Waals surface area contributed by atoms with Crippen LogP contribution in [-0.2, 0) is 14.0 Å². The Morgan fingerprint density at radius 3 is 2.29 bits per heavy atom. The summed E-state index contributed by atoms with van der Waals surface area (Å²) in [7, 11) is -1.85. The summed E-state index contributed by atoms with van der Waals surface area (Å²) in [6.45, 7) is 12.7. The maximum Gasteiger partial charge on any atom is 0.311 e. The van der Waals surface area contributed by atoms with Crippen molar-refractivity contribution in [2.75, 3.05) is 6.61 Å². The van der Waals surface area contributed by atoms with Crippen molar-refractivity contribution in [3.05, 3.63) is 0 Å². The summed E-state index contributed by atoms with van der Waals surface area (Å²) in [5.41, 5.74) is 0. The van der Waals surface area contributed by atoms with Gasteiger partial charge in [-0.05, 0) is 25.1 Å². The first-order valence-corrected chi connectivity index (χ1v) is 8.99. The Morgan fingerprint density at radius 1 is 1.41 bits per heavy atom. The van der Waals surface area contributed by atoms with Crippen LogP contribution in [0.15, 0.2) is 0 Å². The zero-order valence-electron chi connectivity index (χ0n) is 11.6. The molecule has 4 nitrogen and oxygen atoms in total. The lowest BCUT2D eigenvalue weighted by Crippen LogP contribution is -2.44. The molecule has 0 radical (unpaired) electrons.